The minimum absolute atomic E-state index is 0.309. The highest BCUT2D eigenvalue weighted by Gasteiger charge is 2.36. The van der Waals surface area contributed by atoms with Gasteiger partial charge in [0, 0.05) is 16.5 Å². The molecule has 0 radical (unpaired) electrons. The highest BCUT2D eigenvalue weighted by atomic mass is 16.3. The fraction of sp³-hybridized carbons (Fsp3) is 0.400. The zero-order valence-electron chi connectivity index (χ0n) is 13.5. The Balaban J connectivity index is 2.57. The van der Waals surface area contributed by atoms with E-state index >= 15 is 0 Å². The number of phenolic OH excluding ortho intramolecular Hbond substituents is 2. The summed E-state index contributed by atoms with van der Waals surface area (Å²) in [6.45, 7) is 4.32. The normalized spacial score (nSPS) is 11.5. The van der Waals surface area contributed by atoms with E-state index in [9.17, 15) is 10.2 Å². The van der Waals surface area contributed by atoms with Crippen LogP contribution in [0.1, 0.15) is 57.1 Å². The molecule has 0 bridgehead atoms. The van der Waals surface area contributed by atoms with E-state index in [0.717, 1.165) is 43.2 Å². The van der Waals surface area contributed by atoms with Crippen molar-refractivity contribution in [3.63, 3.8) is 0 Å². The van der Waals surface area contributed by atoms with Crippen LogP contribution in [-0.4, -0.2) is 10.2 Å². The van der Waals surface area contributed by atoms with Gasteiger partial charge in [0.15, 0.2) is 0 Å². The van der Waals surface area contributed by atoms with Gasteiger partial charge in [0.2, 0.25) is 0 Å². The fourth-order valence-corrected chi connectivity index (χ4v) is 3.41. The largest absolute Gasteiger partial charge is 0.508 e. The van der Waals surface area contributed by atoms with Gasteiger partial charge in [-0.3, -0.25) is 0 Å². The summed E-state index contributed by atoms with van der Waals surface area (Å²) in [4.78, 5) is 0. The summed E-state index contributed by atoms with van der Waals surface area (Å²) in [6.07, 6.45) is 5.15. The number of rotatable bonds is 7. The quantitative estimate of drug-likeness (QED) is 0.674. The van der Waals surface area contributed by atoms with Gasteiger partial charge in [-0.05, 0) is 25.0 Å². The summed E-state index contributed by atoms with van der Waals surface area (Å²) < 4.78 is 0. The molecule has 2 nitrogen and oxygen atoms in total. The Bertz CT molecular complexity index is 559. The van der Waals surface area contributed by atoms with E-state index in [0.29, 0.717) is 11.5 Å². The van der Waals surface area contributed by atoms with E-state index < -0.39 is 0 Å². The molecule has 0 fully saturated rings. The van der Waals surface area contributed by atoms with Crippen molar-refractivity contribution in [2.24, 2.45) is 0 Å². The van der Waals surface area contributed by atoms with Crippen LogP contribution in [0.2, 0.25) is 0 Å². The summed E-state index contributed by atoms with van der Waals surface area (Å²) in [7, 11) is 0. The maximum absolute atomic E-state index is 10.4. The average Bonchev–Trinajstić information content (AvgIpc) is 2.54. The smallest absolute Gasteiger partial charge is 0.119 e. The third-order valence-corrected chi connectivity index (χ3v) is 4.65. The molecule has 2 heteroatoms. The maximum Gasteiger partial charge on any atom is 0.119 e. The molecule has 118 valence electrons. The van der Waals surface area contributed by atoms with Crippen molar-refractivity contribution in [3.8, 4) is 11.5 Å². The number of hydrogen-bond acceptors (Lipinski definition) is 2. The summed E-state index contributed by atoms with van der Waals surface area (Å²) >= 11 is 0. The van der Waals surface area contributed by atoms with Crippen LogP contribution in [0.25, 0.3) is 0 Å². The van der Waals surface area contributed by atoms with Crippen LogP contribution >= 0.6 is 0 Å². The molecule has 0 aliphatic carbocycles. The fourth-order valence-electron chi connectivity index (χ4n) is 3.41. The molecule has 22 heavy (non-hydrogen) atoms. The minimum atomic E-state index is -0.341. The Kier molecular flexibility index (Phi) is 5.48. The molecule has 2 aromatic carbocycles. The summed E-state index contributed by atoms with van der Waals surface area (Å²) in [5.74, 6) is 0.619. The Morgan fingerprint density at radius 3 is 1.68 bits per heavy atom. The van der Waals surface area contributed by atoms with E-state index in [1.54, 1.807) is 12.1 Å². The molecule has 0 atom stereocenters. The predicted octanol–water partition coefficient (Wildman–Crippen LogP) is 5.37. The lowest BCUT2D eigenvalue weighted by Crippen LogP contribution is -2.27. The lowest BCUT2D eigenvalue weighted by atomic mass is 9.68. The SMILES string of the molecule is CCCCCC(CC)(c1ccccc1O)c1ccccc1O. The molecule has 0 spiro atoms. The molecule has 2 rings (SSSR count). The van der Waals surface area contributed by atoms with Gasteiger partial charge in [-0.2, -0.15) is 0 Å². The predicted molar refractivity (Wildman–Crippen MR) is 91.4 cm³/mol. The van der Waals surface area contributed by atoms with Crippen LogP contribution in [0, 0.1) is 0 Å². The summed E-state index contributed by atoms with van der Waals surface area (Å²) in [6, 6.07) is 15.0. The van der Waals surface area contributed by atoms with Crippen molar-refractivity contribution < 1.29 is 10.2 Å². The van der Waals surface area contributed by atoms with Gasteiger partial charge in [0.25, 0.3) is 0 Å². The third-order valence-electron chi connectivity index (χ3n) is 4.65. The Hall–Kier alpha value is -1.96. The van der Waals surface area contributed by atoms with Crippen LogP contribution in [0.4, 0.5) is 0 Å². The van der Waals surface area contributed by atoms with E-state index in [-0.39, 0.29) is 5.41 Å². The first kappa shape index (κ1) is 16.4. The van der Waals surface area contributed by atoms with Gasteiger partial charge < -0.3 is 10.2 Å². The molecule has 0 unspecified atom stereocenters. The number of phenols is 2. The van der Waals surface area contributed by atoms with E-state index in [4.69, 9.17) is 0 Å². The topological polar surface area (TPSA) is 40.5 Å². The van der Waals surface area contributed by atoms with Gasteiger partial charge in [-0.25, -0.2) is 0 Å². The summed E-state index contributed by atoms with van der Waals surface area (Å²) in [5, 5.41) is 20.8. The first-order valence-electron chi connectivity index (χ1n) is 8.22. The van der Waals surface area contributed by atoms with Gasteiger partial charge in [-0.15, -0.1) is 0 Å². The highest BCUT2D eigenvalue weighted by Crippen LogP contribution is 2.46. The van der Waals surface area contributed by atoms with E-state index in [2.05, 4.69) is 13.8 Å². The number of hydrogen-bond donors (Lipinski definition) is 2. The Labute approximate surface area is 133 Å². The van der Waals surface area contributed by atoms with Crippen LogP contribution in [0.15, 0.2) is 48.5 Å². The summed E-state index contributed by atoms with van der Waals surface area (Å²) in [5.41, 5.74) is 1.48. The van der Waals surface area contributed by atoms with Crippen molar-refractivity contribution in [3.05, 3.63) is 59.7 Å². The first-order chi connectivity index (χ1) is 10.7. The molecule has 0 saturated heterocycles. The Morgan fingerprint density at radius 1 is 0.773 bits per heavy atom. The molecule has 2 aromatic rings. The van der Waals surface area contributed by atoms with Crippen LogP contribution in [0.5, 0.6) is 11.5 Å². The van der Waals surface area contributed by atoms with E-state index in [1.165, 1.54) is 0 Å². The Morgan fingerprint density at radius 2 is 1.27 bits per heavy atom. The molecule has 0 aromatic heterocycles. The van der Waals surface area contributed by atoms with Crippen LogP contribution < -0.4 is 0 Å². The van der Waals surface area contributed by atoms with Crippen LogP contribution in [-0.2, 0) is 5.41 Å². The zero-order chi connectivity index (χ0) is 16.0. The molecule has 0 amide bonds. The molecular weight excluding hydrogens is 272 g/mol. The third kappa shape index (κ3) is 3.11. The zero-order valence-corrected chi connectivity index (χ0v) is 13.5. The maximum atomic E-state index is 10.4. The lowest BCUT2D eigenvalue weighted by Gasteiger charge is -2.35. The van der Waals surface area contributed by atoms with Crippen molar-refractivity contribution in [2.45, 2.75) is 51.4 Å². The average molecular weight is 298 g/mol. The van der Waals surface area contributed by atoms with Gasteiger partial charge in [0.1, 0.15) is 11.5 Å². The second-order valence-corrected chi connectivity index (χ2v) is 5.93. The minimum Gasteiger partial charge on any atom is -0.508 e. The van der Waals surface area contributed by atoms with Gasteiger partial charge >= 0.3 is 0 Å². The standard InChI is InChI=1S/C20H26O2/c1-3-5-10-15-20(4-2,16-11-6-8-13-18(16)21)17-12-7-9-14-19(17)22/h6-9,11-14,21-22H,3-5,10,15H2,1-2H3. The molecular formula is C20H26O2. The molecule has 0 aliphatic heterocycles. The van der Waals surface area contributed by atoms with Crippen molar-refractivity contribution in [2.75, 3.05) is 0 Å². The first-order valence-corrected chi connectivity index (χ1v) is 8.22. The van der Waals surface area contributed by atoms with Crippen molar-refractivity contribution in [1.29, 1.82) is 0 Å². The second-order valence-electron chi connectivity index (χ2n) is 5.93. The molecule has 0 heterocycles. The van der Waals surface area contributed by atoms with Gasteiger partial charge in [-0.1, -0.05) is 69.5 Å². The van der Waals surface area contributed by atoms with Crippen molar-refractivity contribution >= 4 is 0 Å². The monoisotopic (exact) mass is 298 g/mol. The lowest BCUT2D eigenvalue weighted by molar-refractivity contribution is 0.378. The molecule has 0 saturated carbocycles. The number of unbranched alkanes of at least 4 members (excludes halogenated alkanes) is 2. The van der Waals surface area contributed by atoms with E-state index in [1.807, 2.05) is 36.4 Å². The molecule has 0 aliphatic rings. The van der Waals surface area contributed by atoms with Crippen LogP contribution in [0.3, 0.4) is 0 Å². The molecule has 2 N–H and O–H groups in total. The number of benzene rings is 2. The number of aromatic hydroxyl groups is 2. The highest BCUT2D eigenvalue weighted by molar-refractivity contribution is 5.50. The number of para-hydroxylation sites is 2. The van der Waals surface area contributed by atoms with Crippen molar-refractivity contribution in [1.82, 2.24) is 0 Å². The second kappa shape index (κ2) is 7.35. The van der Waals surface area contributed by atoms with Gasteiger partial charge in [0.05, 0.1) is 0 Å².